The Balaban J connectivity index is 2.28. The summed E-state index contributed by atoms with van der Waals surface area (Å²) in [7, 11) is 1.62. The summed E-state index contributed by atoms with van der Waals surface area (Å²) >= 11 is 9.28. The summed E-state index contributed by atoms with van der Waals surface area (Å²) in [5, 5.41) is 0. The highest BCUT2D eigenvalue weighted by molar-refractivity contribution is 9.10. The molecule has 3 nitrogen and oxygen atoms in total. The maximum atomic E-state index is 5.85. The molecule has 1 aromatic heterocycles. The van der Waals surface area contributed by atoms with Crippen molar-refractivity contribution in [2.75, 3.05) is 7.11 Å². The van der Waals surface area contributed by atoms with Crippen LogP contribution in [0.1, 0.15) is 5.56 Å². The maximum absolute atomic E-state index is 5.85. The molecule has 5 heteroatoms. The van der Waals surface area contributed by atoms with Gasteiger partial charge in [-0.3, -0.25) is 4.98 Å². The van der Waals surface area contributed by atoms with Gasteiger partial charge in [-0.05, 0) is 40.2 Å². The fraction of sp³-hybridized carbons (Fsp3) is 0.154. The third-order valence-electron chi connectivity index (χ3n) is 2.37. The fourth-order valence-electron chi connectivity index (χ4n) is 1.42. The topological polar surface area (TPSA) is 31.4 Å². The number of nitrogens with zero attached hydrogens (tertiary/aromatic N) is 1. The standard InChI is InChI=1S/C13H11BrClNO2/c1-17-10-2-3-12(11(14)6-10)18-13-8-16-5-4-9(13)7-15/h2-6,8H,7H2,1H3. The minimum absolute atomic E-state index is 0.381. The molecule has 2 rings (SSSR count). The Labute approximate surface area is 119 Å². The van der Waals surface area contributed by atoms with E-state index in [2.05, 4.69) is 20.9 Å². The molecule has 0 amide bonds. The van der Waals surface area contributed by atoms with Gasteiger partial charge in [-0.25, -0.2) is 0 Å². The fourth-order valence-corrected chi connectivity index (χ4v) is 2.08. The predicted octanol–water partition coefficient (Wildman–Crippen LogP) is 4.38. The summed E-state index contributed by atoms with van der Waals surface area (Å²) in [6.45, 7) is 0. The zero-order valence-corrected chi connectivity index (χ0v) is 12.0. The van der Waals surface area contributed by atoms with Crippen molar-refractivity contribution in [3.05, 3.63) is 46.7 Å². The molecule has 0 saturated heterocycles. The Bertz CT molecular complexity index is 548. The normalized spacial score (nSPS) is 10.2. The van der Waals surface area contributed by atoms with Gasteiger partial charge in [0.2, 0.25) is 0 Å². The number of benzene rings is 1. The summed E-state index contributed by atoms with van der Waals surface area (Å²) in [5.41, 5.74) is 0.898. The first-order valence-corrected chi connectivity index (χ1v) is 6.57. The van der Waals surface area contributed by atoms with E-state index in [4.69, 9.17) is 21.1 Å². The van der Waals surface area contributed by atoms with Gasteiger partial charge in [0.05, 0.1) is 23.7 Å². The molecule has 94 valence electrons. The van der Waals surface area contributed by atoms with Crippen LogP contribution in [0.3, 0.4) is 0 Å². The molecule has 0 aliphatic carbocycles. The highest BCUT2D eigenvalue weighted by atomic mass is 79.9. The van der Waals surface area contributed by atoms with E-state index < -0.39 is 0 Å². The Morgan fingerprint density at radius 2 is 2.11 bits per heavy atom. The average molecular weight is 329 g/mol. The first kappa shape index (κ1) is 13.2. The van der Waals surface area contributed by atoms with Gasteiger partial charge in [-0.15, -0.1) is 11.6 Å². The van der Waals surface area contributed by atoms with Gasteiger partial charge in [-0.1, -0.05) is 0 Å². The van der Waals surface area contributed by atoms with Crippen molar-refractivity contribution in [1.29, 1.82) is 0 Å². The van der Waals surface area contributed by atoms with Crippen LogP contribution in [0, 0.1) is 0 Å². The molecule has 0 aliphatic heterocycles. The van der Waals surface area contributed by atoms with Gasteiger partial charge in [0.15, 0.2) is 0 Å². The van der Waals surface area contributed by atoms with E-state index in [0.29, 0.717) is 17.4 Å². The van der Waals surface area contributed by atoms with Crippen LogP contribution in [0.4, 0.5) is 0 Å². The number of pyridine rings is 1. The quantitative estimate of drug-likeness (QED) is 0.780. The molecule has 0 radical (unpaired) electrons. The second-order valence-corrected chi connectivity index (χ2v) is 4.64. The minimum Gasteiger partial charge on any atom is -0.497 e. The van der Waals surface area contributed by atoms with Gasteiger partial charge in [0.1, 0.15) is 17.2 Å². The second kappa shape index (κ2) is 6.07. The third-order valence-corrected chi connectivity index (χ3v) is 3.28. The molecule has 18 heavy (non-hydrogen) atoms. The molecule has 0 spiro atoms. The van der Waals surface area contributed by atoms with Crippen molar-refractivity contribution in [2.24, 2.45) is 0 Å². The smallest absolute Gasteiger partial charge is 0.150 e. The molecule has 0 bridgehead atoms. The van der Waals surface area contributed by atoms with Gasteiger partial charge >= 0.3 is 0 Å². The van der Waals surface area contributed by atoms with Crippen LogP contribution in [-0.4, -0.2) is 12.1 Å². The molecule has 0 aliphatic rings. The number of aromatic nitrogens is 1. The molecule has 0 unspecified atom stereocenters. The number of methoxy groups -OCH3 is 1. The van der Waals surface area contributed by atoms with E-state index in [9.17, 15) is 0 Å². The zero-order chi connectivity index (χ0) is 13.0. The predicted molar refractivity (Wildman–Crippen MR) is 74.6 cm³/mol. The minimum atomic E-state index is 0.381. The van der Waals surface area contributed by atoms with Gasteiger partial charge in [0.25, 0.3) is 0 Å². The second-order valence-electron chi connectivity index (χ2n) is 3.52. The number of hydrogen-bond acceptors (Lipinski definition) is 3. The maximum Gasteiger partial charge on any atom is 0.150 e. The van der Waals surface area contributed by atoms with Crippen LogP contribution in [0.5, 0.6) is 17.2 Å². The van der Waals surface area contributed by atoms with Crippen LogP contribution >= 0.6 is 27.5 Å². The summed E-state index contributed by atoms with van der Waals surface area (Å²) in [4.78, 5) is 4.03. The monoisotopic (exact) mass is 327 g/mol. The van der Waals surface area contributed by atoms with Gasteiger partial charge in [-0.2, -0.15) is 0 Å². The SMILES string of the molecule is COc1ccc(Oc2cnccc2CCl)c(Br)c1. The van der Waals surface area contributed by atoms with Crippen molar-refractivity contribution in [3.63, 3.8) is 0 Å². The molecule has 0 saturated carbocycles. The van der Waals surface area contributed by atoms with Gasteiger partial charge < -0.3 is 9.47 Å². The largest absolute Gasteiger partial charge is 0.497 e. The lowest BCUT2D eigenvalue weighted by molar-refractivity contribution is 0.412. The van der Waals surface area contributed by atoms with Crippen LogP contribution < -0.4 is 9.47 Å². The Morgan fingerprint density at radius 3 is 2.78 bits per heavy atom. The molecule has 1 heterocycles. The van der Waals surface area contributed by atoms with Crippen molar-refractivity contribution >= 4 is 27.5 Å². The summed E-state index contributed by atoms with van der Waals surface area (Å²) < 4.78 is 11.7. The van der Waals surface area contributed by atoms with E-state index in [0.717, 1.165) is 15.8 Å². The molecular formula is C13H11BrClNO2. The summed E-state index contributed by atoms with van der Waals surface area (Å²) in [6.07, 6.45) is 3.34. The van der Waals surface area contributed by atoms with Crippen LogP contribution in [0.25, 0.3) is 0 Å². The van der Waals surface area contributed by atoms with E-state index >= 15 is 0 Å². The Hall–Kier alpha value is -1.26. The van der Waals surface area contributed by atoms with E-state index in [1.165, 1.54) is 0 Å². The van der Waals surface area contributed by atoms with Crippen molar-refractivity contribution in [1.82, 2.24) is 4.98 Å². The van der Waals surface area contributed by atoms with Crippen molar-refractivity contribution < 1.29 is 9.47 Å². The van der Waals surface area contributed by atoms with Crippen LogP contribution in [0.2, 0.25) is 0 Å². The van der Waals surface area contributed by atoms with Crippen LogP contribution in [-0.2, 0) is 5.88 Å². The van der Waals surface area contributed by atoms with Crippen LogP contribution in [0.15, 0.2) is 41.1 Å². The van der Waals surface area contributed by atoms with E-state index in [1.807, 2.05) is 24.3 Å². The first-order valence-electron chi connectivity index (χ1n) is 5.25. The Morgan fingerprint density at radius 1 is 1.28 bits per heavy atom. The molecule has 0 N–H and O–H groups in total. The molecule has 0 atom stereocenters. The number of hydrogen-bond donors (Lipinski definition) is 0. The number of ether oxygens (including phenoxy) is 2. The lowest BCUT2D eigenvalue weighted by Gasteiger charge is -2.11. The van der Waals surface area contributed by atoms with Crippen molar-refractivity contribution in [3.8, 4) is 17.2 Å². The molecule has 0 fully saturated rings. The molecular weight excluding hydrogens is 318 g/mol. The zero-order valence-electron chi connectivity index (χ0n) is 9.69. The molecule has 1 aromatic carbocycles. The first-order chi connectivity index (χ1) is 8.74. The lowest BCUT2D eigenvalue weighted by Crippen LogP contribution is -1.92. The van der Waals surface area contributed by atoms with E-state index in [1.54, 1.807) is 19.5 Å². The average Bonchev–Trinajstić information content (AvgIpc) is 2.41. The number of halogens is 2. The van der Waals surface area contributed by atoms with Crippen molar-refractivity contribution in [2.45, 2.75) is 5.88 Å². The molecule has 2 aromatic rings. The van der Waals surface area contributed by atoms with Gasteiger partial charge in [0, 0.05) is 11.8 Å². The third kappa shape index (κ3) is 2.94. The highest BCUT2D eigenvalue weighted by Gasteiger charge is 2.07. The summed E-state index contributed by atoms with van der Waals surface area (Å²) in [6, 6.07) is 7.33. The highest BCUT2D eigenvalue weighted by Crippen LogP contribution is 2.33. The Kier molecular flexibility index (Phi) is 4.44. The number of rotatable bonds is 4. The number of alkyl halides is 1. The lowest BCUT2D eigenvalue weighted by atomic mass is 10.3. The van der Waals surface area contributed by atoms with E-state index in [-0.39, 0.29) is 0 Å². The summed E-state index contributed by atoms with van der Waals surface area (Å²) in [5.74, 6) is 2.48.